The van der Waals surface area contributed by atoms with Crippen molar-refractivity contribution in [1.82, 2.24) is 0 Å². The molecule has 130 valence electrons. The summed E-state index contributed by atoms with van der Waals surface area (Å²) in [6, 6.07) is 13.0. The van der Waals surface area contributed by atoms with Crippen LogP contribution in [0.3, 0.4) is 0 Å². The van der Waals surface area contributed by atoms with Crippen molar-refractivity contribution in [2.24, 2.45) is 4.99 Å². The van der Waals surface area contributed by atoms with E-state index in [-0.39, 0.29) is 11.8 Å². The van der Waals surface area contributed by atoms with Crippen LogP contribution in [0.5, 0.6) is 0 Å². The second-order valence-electron chi connectivity index (χ2n) is 6.00. The molecule has 0 N–H and O–H groups in total. The first-order valence-electron chi connectivity index (χ1n) is 8.01. The van der Waals surface area contributed by atoms with E-state index < -0.39 is 12.0 Å². The van der Waals surface area contributed by atoms with Crippen LogP contribution in [0.2, 0.25) is 0 Å². The van der Waals surface area contributed by atoms with Crippen LogP contribution in [-0.4, -0.2) is 34.6 Å². The number of nitrogens with zero attached hydrogens (tertiary/aromatic N) is 2. The summed E-state index contributed by atoms with van der Waals surface area (Å²) < 4.78 is 0. The number of carbonyl (C=O) groups is 3. The summed E-state index contributed by atoms with van der Waals surface area (Å²) in [5.74, 6) is -1.42. The molecule has 2 aliphatic rings. The Morgan fingerprint density at radius 2 is 1.69 bits per heavy atom. The molecule has 0 aromatic heterocycles. The Bertz CT molecular complexity index is 917. The van der Waals surface area contributed by atoms with Gasteiger partial charge in [0.1, 0.15) is 0 Å². The van der Waals surface area contributed by atoms with E-state index in [0.717, 1.165) is 10.6 Å². The number of carbonyl (C=O) groups excluding carboxylic acids is 3. The summed E-state index contributed by atoms with van der Waals surface area (Å²) in [7, 11) is 0. The van der Waals surface area contributed by atoms with Gasteiger partial charge < -0.3 is 9.90 Å². The zero-order chi connectivity index (χ0) is 18.3. The lowest BCUT2D eigenvalue weighted by Gasteiger charge is -2.14. The highest BCUT2D eigenvalue weighted by molar-refractivity contribution is 8.14. The van der Waals surface area contributed by atoms with E-state index in [2.05, 4.69) is 4.99 Å². The van der Waals surface area contributed by atoms with Gasteiger partial charge in [0.25, 0.3) is 11.8 Å². The minimum atomic E-state index is -1.16. The minimum Gasteiger partial charge on any atom is -0.548 e. The molecule has 0 aliphatic carbocycles. The fourth-order valence-electron chi connectivity index (χ4n) is 3.00. The number of carboxylic acid groups (broad SMARTS) is 1. The largest absolute Gasteiger partial charge is 0.548 e. The maximum atomic E-state index is 12.5. The zero-order valence-corrected chi connectivity index (χ0v) is 14.4. The quantitative estimate of drug-likeness (QED) is 0.762. The maximum Gasteiger partial charge on any atom is 0.266 e. The topological polar surface area (TPSA) is 89.9 Å². The average molecular weight is 365 g/mol. The molecule has 6 nitrogen and oxygen atoms in total. The number of hydrogen-bond donors (Lipinski definition) is 0. The summed E-state index contributed by atoms with van der Waals surface area (Å²) in [5, 5.41) is 11.6. The molecule has 0 radical (unpaired) electrons. The molecule has 0 bridgehead atoms. The van der Waals surface area contributed by atoms with Gasteiger partial charge in [-0.3, -0.25) is 14.6 Å². The molecular formula is C19H13N2O4S-. The van der Waals surface area contributed by atoms with Crippen LogP contribution in [0.4, 0.5) is 5.69 Å². The molecule has 2 aromatic rings. The number of benzene rings is 2. The number of aliphatic imine (C=N–C) groups is 1. The molecule has 2 amide bonds. The summed E-state index contributed by atoms with van der Waals surface area (Å²) in [4.78, 5) is 41.1. The Hall–Kier alpha value is -2.93. The van der Waals surface area contributed by atoms with Crippen molar-refractivity contribution in [3.63, 3.8) is 0 Å². The lowest BCUT2D eigenvalue weighted by atomic mass is 10.1. The van der Waals surface area contributed by atoms with E-state index in [1.807, 2.05) is 12.1 Å². The van der Waals surface area contributed by atoms with Gasteiger partial charge in [0.05, 0.1) is 33.9 Å². The third kappa shape index (κ3) is 2.80. The smallest absolute Gasteiger partial charge is 0.266 e. The first kappa shape index (κ1) is 16.5. The van der Waals surface area contributed by atoms with Crippen LogP contribution >= 0.6 is 11.8 Å². The Morgan fingerprint density at radius 3 is 2.23 bits per heavy atom. The van der Waals surface area contributed by atoms with Crippen molar-refractivity contribution in [3.8, 4) is 0 Å². The highest BCUT2D eigenvalue weighted by atomic mass is 32.2. The summed E-state index contributed by atoms with van der Waals surface area (Å²) in [6.45, 7) is 0. The molecular weight excluding hydrogens is 352 g/mol. The molecule has 0 saturated heterocycles. The van der Waals surface area contributed by atoms with E-state index in [9.17, 15) is 19.5 Å². The van der Waals surface area contributed by atoms with E-state index in [1.54, 1.807) is 36.4 Å². The SMILES string of the molecule is O=C([O-])[C@@H]1CSC(Cc2ccc(N3C(=O)c4ccccc4C3=O)cc2)=N1. The van der Waals surface area contributed by atoms with E-state index in [1.165, 1.54) is 16.7 Å². The van der Waals surface area contributed by atoms with Gasteiger partial charge in [-0.25, -0.2) is 4.90 Å². The van der Waals surface area contributed by atoms with Gasteiger partial charge in [-0.1, -0.05) is 24.3 Å². The van der Waals surface area contributed by atoms with Gasteiger partial charge in [-0.15, -0.1) is 11.8 Å². The highest BCUT2D eigenvalue weighted by Gasteiger charge is 2.36. The number of imide groups is 1. The first-order valence-corrected chi connectivity index (χ1v) is 9.00. The third-order valence-electron chi connectivity index (χ3n) is 4.32. The molecule has 0 fully saturated rings. The number of carboxylic acids is 1. The molecule has 2 aromatic carbocycles. The number of aliphatic carboxylic acids is 1. The van der Waals surface area contributed by atoms with E-state index in [4.69, 9.17) is 0 Å². The van der Waals surface area contributed by atoms with Gasteiger partial charge in [-0.05, 0) is 29.8 Å². The zero-order valence-electron chi connectivity index (χ0n) is 13.5. The predicted molar refractivity (Wildman–Crippen MR) is 96.4 cm³/mol. The van der Waals surface area contributed by atoms with Crippen molar-refractivity contribution in [2.45, 2.75) is 12.5 Å². The van der Waals surface area contributed by atoms with Crippen LogP contribution < -0.4 is 10.0 Å². The van der Waals surface area contributed by atoms with Crippen molar-refractivity contribution in [1.29, 1.82) is 0 Å². The summed E-state index contributed by atoms with van der Waals surface area (Å²) in [6.07, 6.45) is 0.511. The second kappa shape index (κ2) is 6.42. The summed E-state index contributed by atoms with van der Waals surface area (Å²) in [5.41, 5.74) is 2.25. The lowest BCUT2D eigenvalue weighted by molar-refractivity contribution is -0.306. The Labute approximate surface area is 153 Å². The monoisotopic (exact) mass is 365 g/mol. The van der Waals surface area contributed by atoms with Crippen LogP contribution in [0.15, 0.2) is 53.5 Å². The minimum absolute atomic E-state index is 0.328. The normalized spacial score (nSPS) is 18.8. The number of thioether (sulfide) groups is 1. The first-order chi connectivity index (χ1) is 12.5. The van der Waals surface area contributed by atoms with Gasteiger partial charge in [0.15, 0.2) is 0 Å². The van der Waals surface area contributed by atoms with Crippen molar-refractivity contribution in [2.75, 3.05) is 10.7 Å². The molecule has 0 saturated carbocycles. The van der Waals surface area contributed by atoms with Gasteiger partial charge >= 0.3 is 0 Å². The number of fused-ring (bicyclic) bond motifs is 1. The fraction of sp³-hybridized carbons (Fsp3) is 0.158. The van der Waals surface area contributed by atoms with Crippen molar-refractivity contribution >= 4 is 40.3 Å². The third-order valence-corrected chi connectivity index (χ3v) is 5.39. The van der Waals surface area contributed by atoms with Gasteiger partial charge in [-0.2, -0.15) is 0 Å². The van der Waals surface area contributed by atoms with Crippen molar-refractivity contribution < 1.29 is 19.5 Å². The lowest BCUT2D eigenvalue weighted by Crippen LogP contribution is -2.34. The van der Waals surface area contributed by atoms with Crippen LogP contribution in [0.25, 0.3) is 0 Å². The number of hydrogen-bond acceptors (Lipinski definition) is 6. The fourth-order valence-corrected chi connectivity index (χ4v) is 4.03. The molecule has 1 atom stereocenters. The summed E-state index contributed by atoms with van der Waals surface area (Å²) >= 11 is 1.41. The maximum absolute atomic E-state index is 12.5. The second-order valence-corrected chi connectivity index (χ2v) is 7.10. The Balaban J connectivity index is 1.53. The van der Waals surface area contributed by atoms with Gasteiger partial charge in [0.2, 0.25) is 0 Å². The number of rotatable bonds is 4. The average Bonchev–Trinajstić information content (AvgIpc) is 3.20. The van der Waals surface area contributed by atoms with Gasteiger partial charge in [0, 0.05) is 12.2 Å². The molecule has 0 unspecified atom stereocenters. The molecule has 26 heavy (non-hydrogen) atoms. The molecule has 2 heterocycles. The number of amides is 2. The molecule has 0 spiro atoms. The van der Waals surface area contributed by atoms with E-state index in [0.29, 0.717) is 29.0 Å². The van der Waals surface area contributed by atoms with E-state index >= 15 is 0 Å². The van der Waals surface area contributed by atoms with Crippen LogP contribution in [-0.2, 0) is 11.2 Å². The van der Waals surface area contributed by atoms with Crippen LogP contribution in [0.1, 0.15) is 26.3 Å². The van der Waals surface area contributed by atoms with Crippen molar-refractivity contribution in [3.05, 3.63) is 65.2 Å². The Morgan fingerprint density at radius 1 is 1.08 bits per heavy atom. The highest BCUT2D eigenvalue weighted by Crippen LogP contribution is 2.29. The molecule has 4 rings (SSSR count). The standard InChI is InChI=1S/C19H14N2O4S/c22-17-13-3-1-2-4-14(13)18(23)21(17)12-7-5-11(6-8-12)9-16-20-15(10-26-16)19(24)25/h1-8,15H,9-10H2,(H,24,25)/p-1/t15-/m0/s1. The molecule has 7 heteroatoms. The number of anilines is 1. The predicted octanol–water partition coefficient (Wildman–Crippen LogP) is 1.29. The Kier molecular flexibility index (Phi) is 4.08. The van der Waals surface area contributed by atoms with Crippen LogP contribution in [0, 0.1) is 0 Å². The molecule has 2 aliphatic heterocycles.